The predicted octanol–water partition coefficient (Wildman–Crippen LogP) is 10.5. The minimum absolute atomic E-state index is 1.25. The third-order valence-corrected chi connectivity index (χ3v) is 8.49. The Morgan fingerprint density at radius 1 is 0.333 bits per heavy atom. The molecule has 1 heteroatoms. The van der Waals surface area contributed by atoms with Gasteiger partial charge in [0.15, 0.2) is 0 Å². The van der Waals surface area contributed by atoms with E-state index in [2.05, 4.69) is 144 Å². The quantitative estimate of drug-likeness (QED) is 0.226. The minimum Gasteiger partial charge on any atom is -0.308 e. The zero-order valence-corrected chi connectivity index (χ0v) is 21.2. The van der Waals surface area contributed by atoms with E-state index in [1.165, 1.54) is 81.9 Å². The molecule has 0 unspecified atom stereocenters. The molecule has 2 aromatic heterocycles. The van der Waals surface area contributed by atoms with Gasteiger partial charge in [-0.05, 0) is 68.1 Å². The molecule has 2 heterocycles. The van der Waals surface area contributed by atoms with Gasteiger partial charge in [-0.15, -0.1) is 0 Å². The molecule has 0 N–H and O–H groups in total. The lowest BCUT2D eigenvalue weighted by Gasteiger charge is -2.08. The topological polar surface area (TPSA) is 4.41 Å². The molecule has 9 rings (SSSR count). The standard InChI is InChI=1S/C38H23N/c1-3-8-24(9-4-1)26-14-18-30-28(22-26)16-20-34-36(30)32-12-7-13-33-37-31-19-15-27(25-10-5-2-6-11-25)23-29(31)17-21-35(37)39(34)38(32)33/h1-23H. The molecule has 180 valence electrons. The number of aromatic nitrogens is 1. The Morgan fingerprint density at radius 2 is 0.821 bits per heavy atom. The summed E-state index contributed by atoms with van der Waals surface area (Å²) in [6.45, 7) is 0. The maximum absolute atomic E-state index is 2.49. The van der Waals surface area contributed by atoms with Crippen LogP contribution in [-0.2, 0) is 0 Å². The summed E-state index contributed by atoms with van der Waals surface area (Å²) in [7, 11) is 0. The highest BCUT2D eigenvalue weighted by atomic mass is 14.9. The highest BCUT2D eigenvalue weighted by molar-refractivity contribution is 6.32. The molecule has 0 amide bonds. The fraction of sp³-hybridized carbons (Fsp3) is 0. The second kappa shape index (κ2) is 7.69. The smallest absolute Gasteiger partial charge is 0.0620 e. The summed E-state index contributed by atoms with van der Waals surface area (Å²) in [4.78, 5) is 0. The van der Waals surface area contributed by atoms with Gasteiger partial charge in [-0.2, -0.15) is 0 Å². The molecular formula is C38H23N. The van der Waals surface area contributed by atoms with Gasteiger partial charge in [0.1, 0.15) is 0 Å². The van der Waals surface area contributed by atoms with Crippen molar-refractivity contribution in [2.24, 2.45) is 0 Å². The van der Waals surface area contributed by atoms with Gasteiger partial charge in [0.05, 0.1) is 16.6 Å². The first-order chi connectivity index (χ1) is 19.3. The molecule has 0 saturated carbocycles. The van der Waals surface area contributed by atoms with E-state index in [1.54, 1.807) is 0 Å². The Balaban J connectivity index is 1.34. The summed E-state index contributed by atoms with van der Waals surface area (Å²) < 4.78 is 2.49. The zero-order valence-electron chi connectivity index (χ0n) is 21.2. The third kappa shape index (κ3) is 2.85. The Labute approximate surface area is 225 Å². The van der Waals surface area contributed by atoms with Crippen molar-refractivity contribution in [1.82, 2.24) is 4.40 Å². The first-order valence-electron chi connectivity index (χ1n) is 13.5. The molecule has 0 spiro atoms. The summed E-state index contributed by atoms with van der Waals surface area (Å²) in [5.74, 6) is 0. The Bertz CT molecular complexity index is 2200. The van der Waals surface area contributed by atoms with Crippen LogP contribution in [0.2, 0.25) is 0 Å². The number of para-hydroxylation sites is 1. The first kappa shape index (κ1) is 20.9. The van der Waals surface area contributed by atoms with Crippen LogP contribution in [0.5, 0.6) is 0 Å². The molecule has 0 bridgehead atoms. The van der Waals surface area contributed by atoms with Gasteiger partial charge in [-0.25, -0.2) is 0 Å². The van der Waals surface area contributed by atoms with Crippen molar-refractivity contribution < 1.29 is 0 Å². The maximum Gasteiger partial charge on any atom is 0.0620 e. The van der Waals surface area contributed by atoms with E-state index in [4.69, 9.17) is 0 Å². The minimum atomic E-state index is 1.25. The van der Waals surface area contributed by atoms with Crippen LogP contribution in [0.1, 0.15) is 0 Å². The molecule has 39 heavy (non-hydrogen) atoms. The van der Waals surface area contributed by atoms with E-state index in [9.17, 15) is 0 Å². The van der Waals surface area contributed by atoms with E-state index in [1.807, 2.05) is 0 Å². The van der Waals surface area contributed by atoms with E-state index >= 15 is 0 Å². The molecule has 0 radical (unpaired) electrons. The molecule has 1 nitrogen and oxygen atoms in total. The van der Waals surface area contributed by atoms with Crippen LogP contribution in [0.15, 0.2) is 140 Å². The van der Waals surface area contributed by atoms with E-state index in [0.29, 0.717) is 0 Å². The van der Waals surface area contributed by atoms with Crippen molar-refractivity contribution in [3.8, 4) is 22.3 Å². The van der Waals surface area contributed by atoms with Crippen molar-refractivity contribution in [2.45, 2.75) is 0 Å². The Morgan fingerprint density at radius 3 is 1.31 bits per heavy atom. The number of benzene rings is 7. The van der Waals surface area contributed by atoms with Crippen LogP contribution in [0, 0.1) is 0 Å². The molecule has 0 aliphatic heterocycles. The van der Waals surface area contributed by atoms with Crippen molar-refractivity contribution >= 4 is 59.6 Å². The van der Waals surface area contributed by atoms with Crippen molar-refractivity contribution in [1.29, 1.82) is 0 Å². The van der Waals surface area contributed by atoms with Crippen LogP contribution in [0.3, 0.4) is 0 Å². The SMILES string of the molecule is c1ccc(-c2ccc3c(ccc4c3c3cccc5c6c7ccc(-c8ccccc8)cc7ccc6n4c35)c2)cc1. The molecule has 0 fully saturated rings. The van der Waals surface area contributed by atoms with Gasteiger partial charge in [-0.1, -0.05) is 115 Å². The fourth-order valence-electron chi connectivity index (χ4n) is 6.75. The summed E-state index contributed by atoms with van der Waals surface area (Å²) in [6, 6.07) is 51.1. The molecule has 7 aromatic carbocycles. The molecule has 0 atom stereocenters. The highest BCUT2D eigenvalue weighted by Gasteiger charge is 2.20. The average molecular weight is 494 g/mol. The third-order valence-electron chi connectivity index (χ3n) is 8.49. The van der Waals surface area contributed by atoms with E-state index in [-0.39, 0.29) is 0 Å². The van der Waals surface area contributed by atoms with Crippen molar-refractivity contribution in [2.75, 3.05) is 0 Å². The zero-order chi connectivity index (χ0) is 25.5. The molecule has 0 aliphatic rings. The van der Waals surface area contributed by atoms with Crippen LogP contribution in [0.25, 0.3) is 81.9 Å². The van der Waals surface area contributed by atoms with Crippen molar-refractivity contribution in [3.05, 3.63) is 140 Å². The van der Waals surface area contributed by atoms with E-state index < -0.39 is 0 Å². The largest absolute Gasteiger partial charge is 0.308 e. The highest BCUT2D eigenvalue weighted by Crippen LogP contribution is 2.44. The van der Waals surface area contributed by atoms with E-state index in [0.717, 1.165) is 0 Å². The van der Waals surface area contributed by atoms with Crippen LogP contribution >= 0.6 is 0 Å². The molecule has 0 aliphatic carbocycles. The summed E-state index contributed by atoms with van der Waals surface area (Å²) in [5.41, 5.74) is 8.88. The lowest BCUT2D eigenvalue weighted by atomic mass is 9.96. The first-order valence-corrected chi connectivity index (χ1v) is 13.5. The number of hydrogen-bond acceptors (Lipinski definition) is 0. The van der Waals surface area contributed by atoms with Gasteiger partial charge < -0.3 is 4.40 Å². The number of fused-ring (bicyclic) bond motifs is 10. The summed E-state index contributed by atoms with van der Waals surface area (Å²) >= 11 is 0. The lowest BCUT2D eigenvalue weighted by molar-refractivity contribution is 1.37. The average Bonchev–Trinajstić information content (AvgIpc) is 3.54. The lowest BCUT2D eigenvalue weighted by Crippen LogP contribution is -1.84. The Kier molecular flexibility index (Phi) is 4.11. The van der Waals surface area contributed by atoms with Gasteiger partial charge in [0.2, 0.25) is 0 Å². The Hall–Kier alpha value is -5.14. The number of hydrogen-bond donors (Lipinski definition) is 0. The fourth-order valence-corrected chi connectivity index (χ4v) is 6.75. The second-order valence-corrected chi connectivity index (χ2v) is 10.6. The van der Waals surface area contributed by atoms with Crippen LogP contribution in [0.4, 0.5) is 0 Å². The van der Waals surface area contributed by atoms with Gasteiger partial charge in [-0.3, -0.25) is 0 Å². The van der Waals surface area contributed by atoms with Gasteiger partial charge in [0.25, 0.3) is 0 Å². The molecular weight excluding hydrogens is 470 g/mol. The maximum atomic E-state index is 2.49. The molecule has 9 aromatic rings. The summed E-state index contributed by atoms with van der Waals surface area (Å²) in [5, 5.41) is 10.5. The normalized spacial score (nSPS) is 12.1. The van der Waals surface area contributed by atoms with Gasteiger partial charge >= 0.3 is 0 Å². The molecule has 0 saturated heterocycles. The van der Waals surface area contributed by atoms with Crippen molar-refractivity contribution in [3.63, 3.8) is 0 Å². The van der Waals surface area contributed by atoms with Crippen LogP contribution in [-0.4, -0.2) is 4.40 Å². The van der Waals surface area contributed by atoms with Crippen LogP contribution < -0.4 is 0 Å². The van der Waals surface area contributed by atoms with Gasteiger partial charge in [0, 0.05) is 21.5 Å². The monoisotopic (exact) mass is 493 g/mol. The second-order valence-electron chi connectivity index (χ2n) is 10.6. The number of nitrogens with zero attached hydrogens (tertiary/aromatic N) is 1. The summed E-state index contributed by atoms with van der Waals surface area (Å²) in [6.07, 6.45) is 0. The number of rotatable bonds is 2. The predicted molar refractivity (Wildman–Crippen MR) is 167 cm³/mol.